The number of carbonyl (C=O) groups excluding carboxylic acids is 1. The molecule has 3 rings (SSSR count). The highest BCUT2D eigenvalue weighted by Gasteiger charge is 2.45. The first kappa shape index (κ1) is 18.2. The number of likely N-dealkylation sites (tertiary alicyclic amines) is 1. The number of piperidine rings is 1. The van der Waals surface area contributed by atoms with Crippen LogP contribution in [0.25, 0.3) is 0 Å². The minimum atomic E-state index is -1.28. The standard InChI is InChI=1S/C19H25N3O4/c1-14-3-5-16(6-4-14)26-19(18(24)25)8-11-21(12-9-19)17(23)13-22-10-7-15(2)20-22/h3-6H,7-13H2,1-2H3,(H,24,25). The van der Waals surface area contributed by atoms with Gasteiger partial charge in [-0.3, -0.25) is 9.80 Å². The Morgan fingerprint density at radius 3 is 2.35 bits per heavy atom. The number of hydrogen-bond donors (Lipinski definition) is 1. The molecular weight excluding hydrogens is 334 g/mol. The Labute approximate surface area is 153 Å². The van der Waals surface area contributed by atoms with E-state index >= 15 is 0 Å². The fraction of sp³-hybridized carbons (Fsp3) is 0.526. The molecule has 26 heavy (non-hydrogen) atoms. The minimum absolute atomic E-state index is 0.0159. The predicted octanol–water partition coefficient (Wildman–Crippen LogP) is 1.90. The van der Waals surface area contributed by atoms with Crippen LogP contribution in [0, 0.1) is 6.92 Å². The number of ether oxygens (including phenoxy) is 1. The third-order valence-electron chi connectivity index (χ3n) is 5.01. The van der Waals surface area contributed by atoms with Gasteiger partial charge in [-0.25, -0.2) is 4.79 Å². The Hall–Kier alpha value is -2.57. The van der Waals surface area contributed by atoms with Crippen LogP contribution in [0.5, 0.6) is 5.75 Å². The van der Waals surface area contributed by atoms with Gasteiger partial charge >= 0.3 is 5.97 Å². The molecule has 0 aliphatic carbocycles. The molecule has 2 heterocycles. The van der Waals surface area contributed by atoms with Crippen LogP contribution in [0.1, 0.15) is 31.7 Å². The Bertz CT molecular complexity index is 706. The van der Waals surface area contributed by atoms with Gasteiger partial charge in [0.1, 0.15) is 12.3 Å². The number of hydrogen-bond acceptors (Lipinski definition) is 5. The van der Waals surface area contributed by atoms with Gasteiger partial charge in [-0.05, 0) is 26.0 Å². The van der Waals surface area contributed by atoms with E-state index in [1.54, 1.807) is 22.0 Å². The van der Waals surface area contributed by atoms with Crippen LogP contribution in [0.15, 0.2) is 29.4 Å². The van der Waals surface area contributed by atoms with Gasteiger partial charge < -0.3 is 14.7 Å². The summed E-state index contributed by atoms with van der Waals surface area (Å²) in [7, 11) is 0. The zero-order valence-electron chi connectivity index (χ0n) is 15.3. The molecule has 1 saturated heterocycles. The van der Waals surface area contributed by atoms with Crippen LogP contribution in [0.4, 0.5) is 0 Å². The molecular formula is C19H25N3O4. The molecule has 1 aromatic rings. The molecule has 1 N–H and O–H groups in total. The molecule has 140 valence electrons. The number of rotatable bonds is 5. The summed E-state index contributed by atoms with van der Waals surface area (Å²) in [4.78, 5) is 26.1. The van der Waals surface area contributed by atoms with Crippen molar-refractivity contribution in [2.75, 3.05) is 26.2 Å². The SMILES string of the molecule is CC1=NN(CC(=O)N2CCC(Oc3ccc(C)cc3)(C(=O)O)CC2)CC1. The van der Waals surface area contributed by atoms with Crippen LogP contribution in [0.3, 0.4) is 0 Å². The van der Waals surface area contributed by atoms with E-state index in [-0.39, 0.29) is 25.3 Å². The third kappa shape index (κ3) is 3.98. The molecule has 0 aromatic heterocycles. The molecule has 0 bridgehead atoms. The highest BCUT2D eigenvalue weighted by atomic mass is 16.5. The number of carboxylic acid groups (broad SMARTS) is 1. The predicted molar refractivity (Wildman–Crippen MR) is 97.3 cm³/mol. The smallest absolute Gasteiger partial charge is 0.348 e. The second-order valence-corrected chi connectivity index (χ2v) is 7.07. The molecule has 2 aliphatic heterocycles. The average Bonchev–Trinajstić information content (AvgIpc) is 3.02. The lowest BCUT2D eigenvalue weighted by Gasteiger charge is -2.39. The summed E-state index contributed by atoms with van der Waals surface area (Å²) in [6.45, 7) is 5.67. The van der Waals surface area contributed by atoms with E-state index in [9.17, 15) is 14.7 Å². The fourth-order valence-electron chi connectivity index (χ4n) is 3.31. The van der Waals surface area contributed by atoms with Crippen LogP contribution in [-0.4, -0.2) is 64.4 Å². The lowest BCUT2D eigenvalue weighted by molar-refractivity contribution is -0.162. The van der Waals surface area contributed by atoms with E-state index < -0.39 is 11.6 Å². The summed E-state index contributed by atoms with van der Waals surface area (Å²) in [5, 5.41) is 15.8. The molecule has 0 unspecified atom stereocenters. The van der Waals surface area contributed by atoms with E-state index in [0.717, 1.165) is 24.2 Å². The van der Waals surface area contributed by atoms with E-state index in [0.29, 0.717) is 18.8 Å². The second-order valence-electron chi connectivity index (χ2n) is 7.07. The van der Waals surface area contributed by atoms with Crippen LogP contribution in [0.2, 0.25) is 0 Å². The zero-order valence-corrected chi connectivity index (χ0v) is 15.3. The lowest BCUT2D eigenvalue weighted by Crippen LogP contribution is -2.55. The summed E-state index contributed by atoms with van der Waals surface area (Å²) >= 11 is 0. The largest absolute Gasteiger partial charge is 0.478 e. The van der Waals surface area contributed by atoms with Gasteiger partial charge in [0.15, 0.2) is 0 Å². The van der Waals surface area contributed by atoms with Crippen molar-refractivity contribution in [2.45, 2.75) is 38.7 Å². The van der Waals surface area contributed by atoms with Crippen LogP contribution in [-0.2, 0) is 9.59 Å². The third-order valence-corrected chi connectivity index (χ3v) is 5.01. The molecule has 7 nitrogen and oxygen atoms in total. The summed E-state index contributed by atoms with van der Waals surface area (Å²) < 4.78 is 5.87. The van der Waals surface area contributed by atoms with Gasteiger partial charge in [-0.1, -0.05) is 17.7 Å². The Kier molecular flexibility index (Phi) is 5.15. The van der Waals surface area contributed by atoms with Crippen molar-refractivity contribution in [1.29, 1.82) is 0 Å². The molecule has 0 atom stereocenters. The first-order valence-corrected chi connectivity index (χ1v) is 8.94. The molecule has 2 aliphatic rings. The van der Waals surface area contributed by atoms with Gasteiger partial charge in [0.05, 0.1) is 0 Å². The van der Waals surface area contributed by atoms with Gasteiger partial charge in [0.2, 0.25) is 11.5 Å². The fourth-order valence-corrected chi connectivity index (χ4v) is 3.31. The van der Waals surface area contributed by atoms with Crippen molar-refractivity contribution < 1.29 is 19.4 Å². The van der Waals surface area contributed by atoms with Crippen molar-refractivity contribution in [3.05, 3.63) is 29.8 Å². The second kappa shape index (κ2) is 7.35. The van der Waals surface area contributed by atoms with Crippen molar-refractivity contribution in [3.8, 4) is 5.75 Å². The molecule has 1 amide bonds. The number of carboxylic acids is 1. The molecule has 1 fully saturated rings. The average molecular weight is 359 g/mol. The normalized spacial score (nSPS) is 19.2. The summed E-state index contributed by atoms with van der Waals surface area (Å²) in [5.74, 6) is -0.456. The quantitative estimate of drug-likeness (QED) is 0.868. The topological polar surface area (TPSA) is 82.4 Å². The maximum absolute atomic E-state index is 12.5. The monoisotopic (exact) mass is 359 g/mol. The first-order chi connectivity index (χ1) is 12.4. The van der Waals surface area contributed by atoms with Gasteiger partial charge in [0, 0.05) is 44.6 Å². The van der Waals surface area contributed by atoms with E-state index in [1.807, 2.05) is 26.0 Å². The van der Waals surface area contributed by atoms with Crippen molar-refractivity contribution in [2.24, 2.45) is 5.10 Å². The summed E-state index contributed by atoms with van der Waals surface area (Å²) in [6, 6.07) is 7.35. The highest BCUT2D eigenvalue weighted by Crippen LogP contribution is 2.29. The van der Waals surface area contributed by atoms with Crippen molar-refractivity contribution >= 4 is 17.6 Å². The van der Waals surface area contributed by atoms with Crippen LogP contribution >= 0.6 is 0 Å². The Morgan fingerprint density at radius 1 is 1.15 bits per heavy atom. The van der Waals surface area contributed by atoms with Crippen molar-refractivity contribution in [3.63, 3.8) is 0 Å². The summed E-state index contributed by atoms with van der Waals surface area (Å²) in [5.41, 5.74) is 0.837. The van der Waals surface area contributed by atoms with E-state index in [4.69, 9.17) is 4.74 Å². The van der Waals surface area contributed by atoms with E-state index in [1.165, 1.54) is 0 Å². The number of benzene rings is 1. The van der Waals surface area contributed by atoms with E-state index in [2.05, 4.69) is 5.10 Å². The first-order valence-electron chi connectivity index (χ1n) is 8.94. The maximum Gasteiger partial charge on any atom is 0.348 e. The van der Waals surface area contributed by atoms with Crippen molar-refractivity contribution in [1.82, 2.24) is 9.91 Å². The number of aryl methyl sites for hydroxylation is 1. The molecule has 0 radical (unpaired) electrons. The number of aliphatic carboxylic acids is 1. The number of hydrazone groups is 1. The zero-order chi connectivity index (χ0) is 18.7. The highest BCUT2D eigenvalue weighted by molar-refractivity contribution is 5.84. The Morgan fingerprint density at radius 2 is 1.81 bits per heavy atom. The lowest BCUT2D eigenvalue weighted by atomic mass is 9.91. The number of carbonyl (C=O) groups is 2. The summed E-state index contributed by atoms with van der Waals surface area (Å²) in [6.07, 6.45) is 1.42. The van der Waals surface area contributed by atoms with Gasteiger partial charge in [-0.15, -0.1) is 0 Å². The molecule has 0 spiro atoms. The Balaban J connectivity index is 1.61. The number of amides is 1. The minimum Gasteiger partial charge on any atom is -0.478 e. The van der Waals surface area contributed by atoms with Gasteiger partial charge in [-0.2, -0.15) is 5.10 Å². The maximum atomic E-state index is 12.5. The molecule has 1 aromatic carbocycles. The number of nitrogens with zero attached hydrogens (tertiary/aromatic N) is 3. The molecule has 0 saturated carbocycles. The molecule has 7 heteroatoms. The van der Waals surface area contributed by atoms with Crippen LogP contribution < -0.4 is 4.74 Å². The van der Waals surface area contributed by atoms with Gasteiger partial charge in [0.25, 0.3) is 0 Å².